The van der Waals surface area contributed by atoms with Gasteiger partial charge >= 0.3 is 0 Å². The molecule has 25 heavy (non-hydrogen) atoms. The Balaban J connectivity index is 1.80. The fourth-order valence-electron chi connectivity index (χ4n) is 1.98. The highest BCUT2D eigenvalue weighted by atomic mass is 32.1. The lowest BCUT2D eigenvalue weighted by Gasteiger charge is -2.32. The molecule has 0 aliphatic carbocycles. The van der Waals surface area contributed by atoms with Gasteiger partial charge in [-0.05, 0) is 47.0 Å². The molecule has 0 aliphatic rings. The Kier molecular flexibility index (Phi) is 6.56. The van der Waals surface area contributed by atoms with E-state index in [0.717, 1.165) is 16.5 Å². The van der Waals surface area contributed by atoms with Crippen LogP contribution in [-0.2, 0) is 17.8 Å². The molecule has 136 valence electrons. The lowest BCUT2D eigenvalue weighted by atomic mass is 10.0. The number of thiazole rings is 1. The van der Waals surface area contributed by atoms with Gasteiger partial charge in [0.15, 0.2) is 0 Å². The fourth-order valence-corrected chi connectivity index (χ4v) is 2.68. The van der Waals surface area contributed by atoms with Crippen molar-refractivity contribution in [2.24, 2.45) is 0 Å². The number of rotatable bonds is 8. The quantitative estimate of drug-likeness (QED) is 0.785. The smallest absolute Gasteiger partial charge is 0.226 e. The maximum Gasteiger partial charge on any atom is 0.226 e. The highest BCUT2D eigenvalue weighted by molar-refractivity contribution is 7.09. The summed E-state index contributed by atoms with van der Waals surface area (Å²) in [4.78, 5) is 18.7. The Labute approximate surface area is 154 Å². The molecular weight excluding hydrogens is 334 g/mol. The number of likely N-dealkylation sites (N-methyl/N-ethyl adjacent to an activating group) is 1. The summed E-state index contributed by atoms with van der Waals surface area (Å²) in [7, 11) is 4.01. The van der Waals surface area contributed by atoms with Crippen molar-refractivity contribution in [2.45, 2.75) is 39.3 Å². The first-order chi connectivity index (χ1) is 11.8. The summed E-state index contributed by atoms with van der Waals surface area (Å²) in [6, 6.07) is 7.93. The molecule has 0 fully saturated rings. The van der Waals surface area contributed by atoms with E-state index in [9.17, 15) is 4.79 Å². The minimum absolute atomic E-state index is 0.00812. The van der Waals surface area contributed by atoms with Crippen LogP contribution in [-0.4, -0.2) is 42.0 Å². The van der Waals surface area contributed by atoms with Gasteiger partial charge in [0, 0.05) is 17.5 Å². The topological polar surface area (TPSA) is 54.5 Å². The van der Waals surface area contributed by atoms with Gasteiger partial charge in [0.05, 0.1) is 12.1 Å². The standard InChI is InChI=1S/C19H27N3O2S/c1-14-6-8-16(9-7-14)24-11-18-21-15(12-25-18)10-17(23)20-13-19(2,3)22(4)5/h6-9,12H,10-11,13H2,1-5H3,(H,20,23). The molecule has 0 radical (unpaired) electrons. The maximum atomic E-state index is 12.1. The van der Waals surface area contributed by atoms with Crippen LogP contribution in [0, 0.1) is 6.92 Å². The third-order valence-electron chi connectivity index (χ3n) is 4.25. The van der Waals surface area contributed by atoms with Gasteiger partial charge in [-0.3, -0.25) is 4.79 Å². The van der Waals surface area contributed by atoms with E-state index in [2.05, 4.69) is 29.0 Å². The summed E-state index contributed by atoms with van der Waals surface area (Å²) in [6.07, 6.45) is 0.296. The molecule has 5 nitrogen and oxygen atoms in total. The van der Waals surface area contributed by atoms with Crippen molar-refractivity contribution < 1.29 is 9.53 Å². The molecule has 0 spiro atoms. The molecule has 1 heterocycles. The van der Waals surface area contributed by atoms with Crippen LogP contribution in [0.2, 0.25) is 0 Å². The van der Waals surface area contributed by atoms with Gasteiger partial charge in [-0.1, -0.05) is 17.7 Å². The third-order valence-corrected chi connectivity index (χ3v) is 5.12. The molecule has 2 aromatic rings. The number of nitrogens with zero attached hydrogens (tertiary/aromatic N) is 2. The Morgan fingerprint density at radius 1 is 1.28 bits per heavy atom. The number of aryl methyl sites for hydroxylation is 1. The van der Waals surface area contributed by atoms with E-state index in [4.69, 9.17) is 4.74 Å². The Morgan fingerprint density at radius 3 is 2.60 bits per heavy atom. The summed E-state index contributed by atoms with van der Waals surface area (Å²) in [5, 5.41) is 5.77. The molecule has 0 saturated carbocycles. The number of hydrogen-bond donors (Lipinski definition) is 1. The first-order valence-corrected chi connectivity index (χ1v) is 9.21. The number of aromatic nitrogens is 1. The molecule has 0 bridgehead atoms. The summed E-state index contributed by atoms with van der Waals surface area (Å²) in [5.74, 6) is 0.817. The first kappa shape index (κ1) is 19.4. The second-order valence-electron chi connectivity index (χ2n) is 6.99. The van der Waals surface area contributed by atoms with Crippen LogP contribution in [0.1, 0.15) is 30.1 Å². The van der Waals surface area contributed by atoms with Gasteiger partial charge < -0.3 is 15.0 Å². The van der Waals surface area contributed by atoms with Crippen molar-refractivity contribution in [1.82, 2.24) is 15.2 Å². The monoisotopic (exact) mass is 361 g/mol. The molecule has 0 unspecified atom stereocenters. The predicted octanol–water partition coefficient (Wildman–Crippen LogP) is 3.03. The van der Waals surface area contributed by atoms with Crippen LogP contribution >= 0.6 is 11.3 Å². The molecule has 0 atom stereocenters. The minimum atomic E-state index is -0.0786. The predicted molar refractivity (Wildman–Crippen MR) is 102 cm³/mol. The average molecular weight is 362 g/mol. The van der Waals surface area contributed by atoms with Gasteiger partial charge in [-0.25, -0.2) is 4.98 Å². The van der Waals surface area contributed by atoms with E-state index >= 15 is 0 Å². The van der Waals surface area contributed by atoms with E-state index in [-0.39, 0.29) is 11.4 Å². The number of benzene rings is 1. The van der Waals surface area contributed by atoms with Crippen LogP contribution in [0.3, 0.4) is 0 Å². The van der Waals surface area contributed by atoms with Gasteiger partial charge in [0.25, 0.3) is 0 Å². The van der Waals surface area contributed by atoms with Crippen LogP contribution in [0.25, 0.3) is 0 Å². The highest BCUT2D eigenvalue weighted by Crippen LogP contribution is 2.16. The lowest BCUT2D eigenvalue weighted by Crippen LogP contribution is -2.48. The molecule has 6 heteroatoms. The van der Waals surface area contributed by atoms with Crippen molar-refractivity contribution in [3.05, 3.63) is 45.9 Å². The summed E-state index contributed by atoms with van der Waals surface area (Å²) in [5.41, 5.74) is 1.91. The molecule has 1 aromatic carbocycles. The second-order valence-corrected chi connectivity index (χ2v) is 7.94. The molecule has 1 aromatic heterocycles. The number of amides is 1. The molecule has 0 saturated heterocycles. The normalized spacial score (nSPS) is 11.6. The van der Waals surface area contributed by atoms with Crippen molar-refractivity contribution in [2.75, 3.05) is 20.6 Å². The molecule has 0 aliphatic heterocycles. The maximum absolute atomic E-state index is 12.1. The Bertz CT molecular complexity index is 693. The Hall–Kier alpha value is -1.92. The van der Waals surface area contributed by atoms with Crippen molar-refractivity contribution in [3.8, 4) is 5.75 Å². The number of hydrogen-bond acceptors (Lipinski definition) is 5. The van der Waals surface area contributed by atoms with Gasteiger partial charge in [-0.2, -0.15) is 0 Å². The lowest BCUT2D eigenvalue weighted by molar-refractivity contribution is -0.121. The second kappa shape index (κ2) is 8.45. The third kappa shape index (κ3) is 6.14. The summed E-state index contributed by atoms with van der Waals surface area (Å²) >= 11 is 1.52. The SMILES string of the molecule is Cc1ccc(OCc2nc(CC(=O)NCC(C)(C)N(C)C)cs2)cc1. The van der Waals surface area contributed by atoms with Crippen molar-refractivity contribution >= 4 is 17.2 Å². The molecule has 1 N–H and O–H groups in total. The zero-order valence-electron chi connectivity index (χ0n) is 15.6. The van der Waals surface area contributed by atoms with Crippen molar-refractivity contribution in [1.29, 1.82) is 0 Å². The number of nitrogens with one attached hydrogen (secondary N) is 1. The van der Waals surface area contributed by atoms with E-state index in [1.54, 1.807) is 0 Å². The number of carbonyl (C=O) groups is 1. The number of carbonyl (C=O) groups excluding carboxylic acids is 1. The Morgan fingerprint density at radius 2 is 1.96 bits per heavy atom. The largest absolute Gasteiger partial charge is 0.486 e. The van der Waals surface area contributed by atoms with Crippen molar-refractivity contribution in [3.63, 3.8) is 0 Å². The van der Waals surface area contributed by atoms with Gasteiger partial charge in [0.1, 0.15) is 17.4 Å². The zero-order chi connectivity index (χ0) is 18.4. The molecule has 2 rings (SSSR count). The van der Waals surface area contributed by atoms with Crippen LogP contribution in [0.15, 0.2) is 29.6 Å². The van der Waals surface area contributed by atoms with E-state index < -0.39 is 0 Å². The number of ether oxygens (including phenoxy) is 1. The average Bonchev–Trinajstić information content (AvgIpc) is 3.00. The summed E-state index contributed by atoms with van der Waals surface area (Å²) < 4.78 is 5.73. The highest BCUT2D eigenvalue weighted by Gasteiger charge is 2.21. The molecule has 1 amide bonds. The first-order valence-electron chi connectivity index (χ1n) is 8.33. The molecular formula is C19H27N3O2S. The fraction of sp³-hybridized carbons (Fsp3) is 0.474. The summed E-state index contributed by atoms with van der Waals surface area (Å²) in [6.45, 7) is 7.25. The van der Waals surface area contributed by atoms with E-state index in [1.807, 2.05) is 50.7 Å². The zero-order valence-corrected chi connectivity index (χ0v) is 16.4. The van der Waals surface area contributed by atoms with Gasteiger partial charge in [0.2, 0.25) is 5.91 Å². The minimum Gasteiger partial charge on any atom is -0.486 e. The van der Waals surface area contributed by atoms with Crippen LogP contribution in [0.4, 0.5) is 0 Å². The van der Waals surface area contributed by atoms with Gasteiger partial charge in [-0.15, -0.1) is 11.3 Å². The van der Waals surface area contributed by atoms with E-state index in [1.165, 1.54) is 16.9 Å². The van der Waals surface area contributed by atoms with E-state index in [0.29, 0.717) is 19.6 Å². The van der Waals surface area contributed by atoms with Crippen LogP contribution < -0.4 is 10.1 Å². The van der Waals surface area contributed by atoms with Crippen LogP contribution in [0.5, 0.6) is 5.75 Å².